The zero-order chi connectivity index (χ0) is 10.0. The van der Waals surface area contributed by atoms with Crippen LogP contribution in [0.2, 0.25) is 0 Å². The average molecular weight is 202 g/mol. The van der Waals surface area contributed by atoms with E-state index in [1.807, 2.05) is 6.07 Å². The van der Waals surface area contributed by atoms with Crippen LogP contribution in [0.4, 0.5) is 0 Å². The van der Waals surface area contributed by atoms with E-state index in [0.29, 0.717) is 17.6 Å². The summed E-state index contributed by atoms with van der Waals surface area (Å²) in [6.45, 7) is 8.53. The Labute approximate surface area is 110 Å². The maximum atomic E-state index is 9.71. The predicted octanol–water partition coefficient (Wildman–Crippen LogP) is 0.756. The third kappa shape index (κ3) is 3.01. The second kappa shape index (κ2) is 5.79. The van der Waals surface area contributed by atoms with Gasteiger partial charge in [-0.05, 0) is 29.0 Å². The number of hydrogen-bond acceptors (Lipinski definition) is 1. The van der Waals surface area contributed by atoms with Crippen LogP contribution in [0.25, 0.3) is 0 Å². The fourth-order valence-electron chi connectivity index (χ4n) is 1.70. The molecule has 0 saturated heterocycles. The Balaban J connectivity index is 0. The van der Waals surface area contributed by atoms with E-state index < -0.39 is 0 Å². The van der Waals surface area contributed by atoms with E-state index in [4.69, 9.17) is 0 Å². The van der Waals surface area contributed by atoms with Gasteiger partial charge in [0.15, 0.2) is 0 Å². The SMILES string of the molecule is CC(C)c1cccc(O)c1C(C)C.[H-].[Na+]. The molecular weight excluding hydrogens is 183 g/mol. The predicted molar refractivity (Wildman–Crippen MR) is 57.4 cm³/mol. The molecule has 0 aliphatic heterocycles. The van der Waals surface area contributed by atoms with E-state index >= 15 is 0 Å². The molecular formula is C12H19NaO. The van der Waals surface area contributed by atoms with Crippen LogP contribution < -0.4 is 29.6 Å². The first-order chi connectivity index (χ1) is 6.04. The van der Waals surface area contributed by atoms with Gasteiger partial charge in [0.25, 0.3) is 0 Å². The van der Waals surface area contributed by atoms with Crippen LogP contribution >= 0.6 is 0 Å². The zero-order valence-electron chi connectivity index (χ0n) is 10.8. The molecule has 0 spiro atoms. The number of rotatable bonds is 2. The summed E-state index contributed by atoms with van der Waals surface area (Å²) in [7, 11) is 0. The summed E-state index contributed by atoms with van der Waals surface area (Å²) in [6, 6.07) is 5.78. The van der Waals surface area contributed by atoms with Gasteiger partial charge in [-0.25, -0.2) is 0 Å². The fraction of sp³-hybridized carbons (Fsp3) is 0.500. The zero-order valence-corrected chi connectivity index (χ0v) is 11.8. The van der Waals surface area contributed by atoms with Crippen molar-refractivity contribution in [1.29, 1.82) is 0 Å². The topological polar surface area (TPSA) is 20.2 Å². The Morgan fingerprint density at radius 2 is 1.64 bits per heavy atom. The van der Waals surface area contributed by atoms with Crippen LogP contribution in [-0.4, -0.2) is 5.11 Å². The van der Waals surface area contributed by atoms with Crippen molar-refractivity contribution in [2.24, 2.45) is 0 Å². The van der Waals surface area contributed by atoms with E-state index in [-0.39, 0.29) is 31.0 Å². The number of hydrogen-bond donors (Lipinski definition) is 1. The first-order valence-electron chi connectivity index (χ1n) is 4.85. The Bertz CT molecular complexity index is 298. The molecule has 14 heavy (non-hydrogen) atoms. The molecule has 0 unspecified atom stereocenters. The Morgan fingerprint density at radius 1 is 1.07 bits per heavy atom. The molecule has 0 aliphatic rings. The molecule has 0 atom stereocenters. The van der Waals surface area contributed by atoms with Crippen LogP contribution in [0.15, 0.2) is 18.2 Å². The number of phenols is 1. The van der Waals surface area contributed by atoms with Gasteiger partial charge in [-0.1, -0.05) is 39.8 Å². The van der Waals surface area contributed by atoms with E-state index in [1.165, 1.54) is 5.56 Å². The van der Waals surface area contributed by atoms with Crippen molar-refractivity contribution in [3.63, 3.8) is 0 Å². The summed E-state index contributed by atoms with van der Waals surface area (Å²) in [5, 5.41) is 9.71. The minimum absolute atomic E-state index is 0. The normalized spacial score (nSPS) is 10.4. The third-order valence-electron chi connectivity index (χ3n) is 2.32. The fourth-order valence-corrected chi connectivity index (χ4v) is 1.70. The van der Waals surface area contributed by atoms with Crippen LogP contribution in [0.1, 0.15) is 52.1 Å². The van der Waals surface area contributed by atoms with Crippen molar-refractivity contribution in [1.82, 2.24) is 0 Å². The molecule has 74 valence electrons. The molecule has 1 nitrogen and oxygen atoms in total. The van der Waals surface area contributed by atoms with Crippen LogP contribution in [0.5, 0.6) is 5.75 Å². The second-order valence-electron chi connectivity index (χ2n) is 4.09. The van der Waals surface area contributed by atoms with Gasteiger partial charge in [0.2, 0.25) is 0 Å². The first kappa shape index (κ1) is 14.0. The Kier molecular flexibility index (Phi) is 5.80. The molecule has 0 heterocycles. The second-order valence-corrected chi connectivity index (χ2v) is 4.09. The molecule has 1 aromatic carbocycles. The van der Waals surface area contributed by atoms with Crippen molar-refractivity contribution in [2.75, 3.05) is 0 Å². The van der Waals surface area contributed by atoms with Crippen LogP contribution in [-0.2, 0) is 0 Å². The van der Waals surface area contributed by atoms with Gasteiger partial charge in [-0.3, -0.25) is 0 Å². The van der Waals surface area contributed by atoms with Crippen LogP contribution in [0.3, 0.4) is 0 Å². The van der Waals surface area contributed by atoms with Crippen molar-refractivity contribution < 1.29 is 36.1 Å². The largest absolute Gasteiger partial charge is 1.00 e. The number of aromatic hydroxyl groups is 1. The van der Waals surface area contributed by atoms with E-state index in [2.05, 4.69) is 33.8 Å². The van der Waals surface area contributed by atoms with Gasteiger partial charge in [0.05, 0.1) is 0 Å². The molecule has 0 fully saturated rings. The monoisotopic (exact) mass is 202 g/mol. The average Bonchev–Trinajstić information content (AvgIpc) is 2.02. The maximum absolute atomic E-state index is 9.71. The van der Waals surface area contributed by atoms with Crippen molar-refractivity contribution in [2.45, 2.75) is 39.5 Å². The standard InChI is InChI=1S/C12H18O.Na.H/c1-8(2)10-6-5-7-11(13)12(10)9(3)4;;/h5-9,13H,1-4H3;;/q;+1;-1. The molecule has 0 bridgehead atoms. The van der Waals surface area contributed by atoms with Gasteiger partial charge >= 0.3 is 29.6 Å². The van der Waals surface area contributed by atoms with Gasteiger partial charge in [0.1, 0.15) is 5.75 Å². The first-order valence-corrected chi connectivity index (χ1v) is 4.85. The molecule has 2 heteroatoms. The molecule has 0 aliphatic carbocycles. The van der Waals surface area contributed by atoms with Crippen molar-refractivity contribution >= 4 is 0 Å². The van der Waals surface area contributed by atoms with Gasteiger partial charge in [-0.2, -0.15) is 0 Å². The third-order valence-corrected chi connectivity index (χ3v) is 2.32. The Hall–Kier alpha value is 0.0200. The molecule has 0 radical (unpaired) electrons. The summed E-state index contributed by atoms with van der Waals surface area (Å²) in [5.41, 5.74) is 2.35. The number of phenolic OH excluding ortho intramolecular Hbond substituents is 1. The summed E-state index contributed by atoms with van der Waals surface area (Å²) in [6.07, 6.45) is 0. The smallest absolute Gasteiger partial charge is 1.00 e. The number of benzene rings is 1. The van der Waals surface area contributed by atoms with E-state index in [0.717, 1.165) is 5.56 Å². The minimum Gasteiger partial charge on any atom is -1.00 e. The van der Waals surface area contributed by atoms with Gasteiger partial charge in [0, 0.05) is 0 Å². The Morgan fingerprint density at radius 3 is 2.00 bits per heavy atom. The molecule has 0 saturated carbocycles. The van der Waals surface area contributed by atoms with Crippen LogP contribution in [0, 0.1) is 0 Å². The summed E-state index contributed by atoms with van der Waals surface area (Å²) < 4.78 is 0. The van der Waals surface area contributed by atoms with Gasteiger partial charge < -0.3 is 6.53 Å². The maximum Gasteiger partial charge on any atom is 1.00 e. The molecule has 0 amide bonds. The van der Waals surface area contributed by atoms with E-state index in [1.54, 1.807) is 6.07 Å². The van der Waals surface area contributed by atoms with Crippen molar-refractivity contribution in [3.8, 4) is 5.75 Å². The molecule has 0 aromatic heterocycles. The summed E-state index contributed by atoms with van der Waals surface area (Å²) in [4.78, 5) is 0. The van der Waals surface area contributed by atoms with Crippen molar-refractivity contribution in [3.05, 3.63) is 29.3 Å². The molecule has 1 rings (SSSR count). The minimum atomic E-state index is 0. The molecule has 1 aromatic rings. The summed E-state index contributed by atoms with van der Waals surface area (Å²) in [5.74, 6) is 1.30. The molecule has 1 N–H and O–H groups in total. The van der Waals surface area contributed by atoms with Gasteiger partial charge in [-0.15, -0.1) is 0 Å². The summed E-state index contributed by atoms with van der Waals surface area (Å²) >= 11 is 0. The quantitative estimate of drug-likeness (QED) is 0.702. The van der Waals surface area contributed by atoms with E-state index in [9.17, 15) is 5.11 Å².